The summed E-state index contributed by atoms with van der Waals surface area (Å²) in [5.41, 5.74) is 0.652. The highest BCUT2D eigenvalue weighted by molar-refractivity contribution is 6.00. The lowest BCUT2D eigenvalue weighted by Crippen LogP contribution is -2.27. The lowest BCUT2D eigenvalue weighted by molar-refractivity contribution is -0.137. The predicted octanol–water partition coefficient (Wildman–Crippen LogP) is 5.16. The molecule has 0 spiro atoms. The molecule has 1 amide bonds. The number of benzene rings is 2. The number of rotatable bonds is 4. The van der Waals surface area contributed by atoms with Gasteiger partial charge in [0.15, 0.2) is 5.76 Å². The number of carbonyl (C=O) groups is 1. The Kier molecular flexibility index (Phi) is 5.03. The highest BCUT2D eigenvalue weighted by atomic mass is 19.4. The second-order valence-corrected chi connectivity index (χ2v) is 6.16. The summed E-state index contributed by atoms with van der Waals surface area (Å²) in [6, 6.07) is 13.7. The molecule has 3 aromatic rings. The maximum Gasteiger partial charge on any atom is 0.416 e. The fourth-order valence-electron chi connectivity index (χ4n) is 2.76. The summed E-state index contributed by atoms with van der Waals surface area (Å²) in [6.45, 7) is 3.39. The van der Waals surface area contributed by atoms with Gasteiger partial charge in [0, 0.05) is 5.56 Å². The zero-order valence-electron chi connectivity index (χ0n) is 14.7. The minimum Gasteiger partial charge on any atom is -0.355 e. The van der Waals surface area contributed by atoms with Crippen LogP contribution in [0.3, 0.4) is 0 Å². The Morgan fingerprint density at radius 1 is 1.11 bits per heavy atom. The van der Waals surface area contributed by atoms with Gasteiger partial charge in [-0.05, 0) is 31.5 Å². The molecule has 1 N–H and O–H groups in total. The molecular weight excluding hydrogens is 357 g/mol. The topological polar surface area (TPSA) is 55.1 Å². The molecule has 0 saturated carbocycles. The van der Waals surface area contributed by atoms with E-state index in [-0.39, 0.29) is 22.9 Å². The number of halogens is 3. The molecule has 2 aromatic carbocycles. The van der Waals surface area contributed by atoms with Crippen LogP contribution in [-0.4, -0.2) is 11.1 Å². The van der Waals surface area contributed by atoms with Crippen molar-refractivity contribution in [2.45, 2.75) is 26.1 Å². The first kappa shape index (κ1) is 18.7. The van der Waals surface area contributed by atoms with Crippen LogP contribution in [0.15, 0.2) is 59.1 Å². The fraction of sp³-hybridized carbons (Fsp3) is 0.200. The van der Waals surface area contributed by atoms with Crippen molar-refractivity contribution < 1.29 is 22.5 Å². The molecule has 4 nitrogen and oxygen atoms in total. The average Bonchev–Trinajstić information content (AvgIpc) is 3.03. The van der Waals surface area contributed by atoms with Gasteiger partial charge in [-0.25, -0.2) is 0 Å². The molecule has 0 fully saturated rings. The summed E-state index contributed by atoms with van der Waals surface area (Å²) in [5.74, 6) is -0.450. The number of nitrogens with one attached hydrogen (secondary N) is 1. The van der Waals surface area contributed by atoms with Crippen molar-refractivity contribution in [3.05, 3.63) is 77.0 Å². The third-order valence-electron chi connectivity index (χ3n) is 4.19. The highest BCUT2D eigenvalue weighted by Crippen LogP contribution is 2.34. The van der Waals surface area contributed by atoms with Gasteiger partial charge in [0.25, 0.3) is 5.91 Å². The van der Waals surface area contributed by atoms with E-state index < -0.39 is 17.6 Å². The van der Waals surface area contributed by atoms with Crippen molar-refractivity contribution in [2.75, 3.05) is 0 Å². The fourth-order valence-corrected chi connectivity index (χ4v) is 2.76. The van der Waals surface area contributed by atoms with Gasteiger partial charge < -0.3 is 9.84 Å². The number of aromatic nitrogens is 1. The van der Waals surface area contributed by atoms with E-state index in [2.05, 4.69) is 10.5 Å². The first-order chi connectivity index (χ1) is 12.8. The van der Waals surface area contributed by atoms with Gasteiger partial charge >= 0.3 is 6.18 Å². The maximum absolute atomic E-state index is 13.0. The summed E-state index contributed by atoms with van der Waals surface area (Å²) in [7, 11) is 0. The van der Waals surface area contributed by atoms with Crippen LogP contribution >= 0.6 is 0 Å². The monoisotopic (exact) mass is 374 g/mol. The molecule has 1 heterocycles. The largest absolute Gasteiger partial charge is 0.416 e. The van der Waals surface area contributed by atoms with Gasteiger partial charge in [-0.1, -0.05) is 47.6 Å². The van der Waals surface area contributed by atoms with Gasteiger partial charge in [0.2, 0.25) is 0 Å². The Labute approximate surface area is 154 Å². The lowest BCUT2D eigenvalue weighted by atomic mass is 10.0. The van der Waals surface area contributed by atoms with Gasteiger partial charge in [-0.15, -0.1) is 0 Å². The minimum absolute atomic E-state index is 0.0105. The number of alkyl halides is 3. The quantitative estimate of drug-likeness (QED) is 0.686. The second-order valence-electron chi connectivity index (χ2n) is 6.16. The number of hydrogen-bond donors (Lipinski definition) is 1. The summed E-state index contributed by atoms with van der Waals surface area (Å²) >= 11 is 0. The Balaban J connectivity index is 1.92. The number of carbonyl (C=O) groups excluding carboxylic acids is 1. The molecule has 27 heavy (non-hydrogen) atoms. The van der Waals surface area contributed by atoms with Crippen molar-refractivity contribution >= 4 is 5.91 Å². The van der Waals surface area contributed by atoms with Crippen molar-refractivity contribution in [2.24, 2.45) is 0 Å². The van der Waals surface area contributed by atoms with Crippen LogP contribution in [0.4, 0.5) is 13.2 Å². The molecule has 140 valence electrons. The molecular formula is C20H17F3N2O2. The normalized spacial score (nSPS) is 12.6. The van der Waals surface area contributed by atoms with Crippen LogP contribution in [0.2, 0.25) is 0 Å². The molecule has 0 aliphatic heterocycles. The molecule has 0 bridgehead atoms. The predicted molar refractivity (Wildman–Crippen MR) is 94.0 cm³/mol. The zero-order valence-corrected chi connectivity index (χ0v) is 14.7. The van der Waals surface area contributed by atoms with Crippen LogP contribution < -0.4 is 5.32 Å². The zero-order chi connectivity index (χ0) is 19.6. The van der Waals surface area contributed by atoms with Crippen molar-refractivity contribution in [3.8, 4) is 11.3 Å². The molecule has 0 aliphatic rings. The smallest absolute Gasteiger partial charge is 0.355 e. The number of nitrogens with zero attached hydrogens (tertiary/aromatic N) is 1. The van der Waals surface area contributed by atoms with Crippen molar-refractivity contribution in [1.82, 2.24) is 10.5 Å². The maximum atomic E-state index is 13.0. The summed E-state index contributed by atoms with van der Waals surface area (Å²) in [5, 5.41) is 6.60. The van der Waals surface area contributed by atoms with E-state index in [0.717, 1.165) is 17.7 Å². The standard InChI is InChI=1S/C20H17F3N2O2/c1-12(14-7-4-3-5-8-14)24-19(26)17-13(2)25-27-18(17)15-9-6-10-16(11-15)20(21,22)23/h3-12H,1-2H3,(H,24,26)/t12-/m0/s1. The Bertz CT molecular complexity index is 949. The Morgan fingerprint density at radius 2 is 1.81 bits per heavy atom. The van der Waals surface area contributed by atoms with E-state index in [0.29, 0.717) is 5.69 Å². The third-order valence-corrected chi connectivity index (χ3v) is 4.19. The molecule has 0 unspecified atom stereocenters. The lowest BCUT2D eigenvalue weighted by Gasteiger charge is -2.14. The SMILES string of the molecule is Cc1noc(-c2cccc(C(F)(F)F)c2)c1C(=O)N[C@@H](C)c1ccccc1. The number of aryl methyl sites for hydroxylation is 1. The van der Waals surface area contributed by atoms with E-state index >= 15 is 0 Å². The van der Waals surface area contributed by atoms with Crippen LogP contribution in [-0.2, 0) is 6.18 Å². The van der Waals surface area contributed by atoms with E-state index in [4.69, 9.17) is 4.52 Å². The van der Waals surface area contributed by atoms with Gasteiger partial charge in [-0.2, -0.15) is 13.2 Å². The van der Waals surface area contributed by atoms with E-state index in [1.807, 2.05) is 37.3 Å². The Hall–Kier alpha value is -3.09. The second kappa shape index (κ2) is 7.26. The first-order valence-corrected chi connectivity index (χ1v) is 8.27. The molecule has 1 aromatic heterocycles. The van der Waals surface area contributed by atoms with Crippen LogP contribution in [0.25, 0.3) is 11.3 Å². The Morgan fingerprint density at radius 3 is 2.48 bits per heavy atom. The number of hydrogen-bond acceptors (Lipinski definition) is 3. The van der Waals surface area contributed by atoms with Gasteiger partial charge in [-0.3, -0.25) is 4.79 Å². The van der Waals surface area contributed by atoms with Crippen molar-refractivity contribution in [1.29, 1.82) is 0 Å². The first-order valence-electron chi connectivity index (χ1n) is 8.27. The molecule has 0 aliphatic carbocycles. The number of amides is 1. The highest BCUT2D eigenvalue weighted by Gasteiger charge is 2.31. The minimum atomic E-state index is -4.49. The van der Waals surface area contributed by atoms with Crippen LogP contribution in [0.5, 0.6) is 0 Å². The summed E-state index contributed by atoms with van der Waals surface area (Å²) < 4.78 is 44.1. The molecule has 3 rings (SSSR count). The van der Waals surface area contributed by atoms with Crippen LogP contribution in [0.1, 0.15) is 40.1 Å². The summed E-state index contributed by atoms with van der Waals surface area (Å²) in [6.07, 6.45) is -4.49. The molecule has 7 heteroatoms. The molecule has 1 atom stereocenters. The average molecular weight is 374 g/mol. The van der Waals surface area contributed by atoms with Gasteiger partial charge in [0.05, 0.1) is 17.3 Å². The third kappa shape index (κ3) is 4.02. The summed E-state index contributed by atoms with van der Waals surface area (Å²) in [4.78, 5) is 12.8. The van der Waals surface area contributed by atoms with E-state index in [1.54, 1.807) is 6.92 Å². The van der Waals surface area contributed by atoms with E-state index in [9.17, 15) is 18.0 Å². The van der Waals surface area contributed by atoms with Crippen LogP contribution in [0, 0.1) is 6.92 Å². The van der Waals surface area contributed by atoms with E-state index in [1.165, 1.54) is 12.1 Å². The van der Waals surface area contributed by atoms with Gasteiger partial charge in [0.1, 0.15) is 5.56 Å². The molecule has 0 saturated heterocycles. The molecule has 0 radical (unpaired) electrons. The van der Waals surface area contributed by atoms with Crippen molar-refractivity contribution in [3.63, 3.8) is 0 Å².